The summed E-state index contributed by atoms with van der Waals surface area (Å²) in [6, 6.07) is 3.15. The highest BCUT2D eigenvalue weighted by molar-refractivity contribution is 5.12. The van der Waals surface area contributed by atoms with Crippen molar-refractivity contribution < 1.29 is 9.15 Å². The van der Waals surface area contributed by atoms with Gasteiger partial charge in [-0.2, -0.15) is 0 Å². The molecule has 1 aromatic heterocycles. The van der Waals surface area contributed by atoms with E-state index in [-0.39, 0.29) is 0 Å². The van der Waals surface area contributed by atoms with Gasteiger partial charge in [0, 0.05) is 30.8 Å². The Morgan fingerprint density at radius 2 is 2.26 bits per heavy atom. The highest BCUT2D eigenvalue weighted by Crippen LogP contribution is 2.20. The third kappa shape index (κ3) is 4.06. The number of likely N-dealkylation sites (N-methyl/N-ethyl adjacent to an activating group) is 1. The van der Waals surface area contributed by atoms with Gasteiger partial charge in [0.2, 0.25) is 0 Å². The smallest absolute Gasteiger partial charge is 0.118 e. The molecule has 1 aliphatic heterocycles. The Morgan fingerprint density at radius 1 is 1.47 bits per heavy atom. The van der Waals surface area contributed by atoms with E-state index in [1.807, 2.05) is 6.26 Å². The summed E-state index contributed by atoms with van der Waals surface area (Å²) in [4.78, 5) is 2.33. The van der Waals surface area contributed by atoms with Gasteiger partial charge in [-0.1, -0.05) is 13.8 Å². The largest absolute Gasteiger partial charge is 0.468 e. The average molecular weight is 266 g/mol. The normalized spacial score (nSPS) is 23.7. The molecule has 1 aliphatic rings. The summed E-state index contributed by atoms with van der Waals surface area (Å²) in [6.45, 7) is 9.03. The minimum Gasteiger partial charge on any atom is -0.468 e. The monoisotopic (exact) mass is 266 g/mol. The number of furan rings is 1. The third-order valence-corrected chi connectivity index (χ3v) is 3.73. The van der Waals surface area contributed by atoms with Crippen LogP contribution in [0.4, 0.5) is 0 Å². The van der Waals surface area contributed by atoms with Crippen molar-refractivity contribution in [3.05, 3.63) is 23.7 Å². The van der Waals surface area contributed by atoms with Crippen molar-refractivity contribution in [2.24, 2.45) is 0 Å². The van der Waals surface area contributed by atoms with E-state index < -0.39 is 0 Å². The van der Waals surface area contributed by atoms with Crippen LogP contribution in [-0.2, 0) is 17.8 Å². The van der Waals surface area contributed by atoms with Crippen molar-refractivity contribution >= 4 is 0 Å². The minimum absolute atomic E-state index is 0.321. The molecule has 2 unspecified atom stereocenters. The minimum atomic E-state index is 0.321. The van der Waals surface area contributed by atoms with Crippen LogP contribution >= 0.6 is 0 Å². The zero-order valence-electron chi connectivity index (χ0n) is 12.5. The standard InChI is InChI=1S/C15H26N2O2/c1-11(2)16-8-13-7-14(19-10-13)9-17(4)15-5-6-18-12(15)3/h7,10-12,15-16H,5-6,8-9H2,1-4H3. The predicted octanol–water partition coefficient (Wildman–Crippen LogP) is 2.39. The van der Waals surface area contributed by atoms with Crippen LogP contribution in [0.2, 0.25) is 0 Å². The van der Waals surface area contributed by atoms with Gasteiger partial charge in [0.25, 0.3) is 0 Å². The number of nitrogens with one attached hydrogen (secondary N) is 1. The summed E-state index contributed by atoms with van der Waals surface area (Å²) in [6.07, 6.45) is 3.29. The van der Waals surface area contributed by atoms with E-state index in [0.29, 0.717) is 18.2 Å². The van der Waals surface area contributed by atoms with Gasteiger partial charge in [0.05, 0.1) is 18.9 Å². The third-order valence-electron chi connectivity index (χ3n) is 3.73. The lowest BCUT2D eigenvalue weighted by Gasteiger charge is -2.25. The molecule has 2 heterocycles. The first-order valence-electron chi connectivity index (χ1n) is 7.17. The molecule has 1 saturated heterocycles. The van der Waals surface area contributed by atoms with Crippen LogP contribution in [0.1, 0.15) is 38.5 Å². The average Bonchev–Trinajstić information content (AvgIpc) is 2.95. The summed E-state index contributed by atoms with van der Waals surface area (Å²) < 4.78 is 11.3. The van der Waals surface area contributed by atoms with Crippen LogP contribution in [0, 0.1) is 0 Å². The summed E-state index contributed by atoms with van der Waals surface area (Å²) in [5, 5.41) is 3.40. The molecule has 0 saturated carbocycles. The molecule has 2 atom stereocenters. The first kappa shape index (κ1) is 14.6. The van der Waals surface area contributed by atoms with E-state index in [1.165, 1.54) is 5.56 Å². The van der Waals surface area contributed by atoms with Crippen molar-refractivity contribution in [1.29, 1.82) is 0 Å². The van der Waals surface area contributed by atoms with E-state index in [4.69, 9.17) is 9.15 Å². The molecule has 0 bridgehead atoms. The maximum atomic E-state index is 5.64. The Labute approximate surface area is 116 Å². The molecule has 0 radical (unpaired) electrons. The lowest BCUT2D eigenvalue weighted by molar-refractivity contribution is 0.0792. The molecule has 108 valence electrons. The van der Waals surface area contributed by atoms with Crippen LogP contribution < -0.4 is 5.32 Å². The summed E-state index contributed by atoms with van der Waals surface area (Å²) in [5.74, 6) is 1.03. The van der Waals surface area contributed by atoms with Crippen molar-refractivity contribution in [2.75, 3.05) is 13.7 Å². The van der Waals surface area contributed by atoms with E-state index in [9.17, 15) is 0 Å². The number of ether oxygens (including phenoxy) is 1. The van der Waals surface area contributed by atoms with Gasteiger partial charge < -0.3 is 14.5 Å². The summed E-state index contributed by atoms with van der Waals surface area (Å²) in [5.41, 5.74) is 1.22. The molecular formula is C15H26N2O2. The highest BCUT2D eigenvalue weighted by Gasteiger charge is 2.28. The fraction of sp³-hybridized carbons (Fsp3) is 0.733. The van der Waals surface area contributed by atoms with Crippen LogP contribution in [0.5, 0.6) is 0 Å². The molecule has 0 aromatic carbocycles. The van der Waals surface area contributed by atoms with Crippen molar-refractivity contribution in [3.8, 4) is 0 Å². The first-order valence-corrected chi connectivity index (χ1v) is 7.17. The molecule has 0 spiro atoms. The predicted molar refractivity (Wildman–Crippen MR) is 76.0 cm³/mol. The Balaban J connectivity index is 1.85. The fourth-order valence-corrected chi connectivity index (χ4v) is 2.59. The summed E-state index contributed by atoms with van der Waals surface area (Å²) in [7, 11) is 2.14. The SMILES string of the molecule is CC(C)NCc1coc(CN(C)C2CCOC2C)c1. The van der Waals surface area contributed by atoms with E-state index in [0.717, 1.165) is 31.9 Å². The number of rotatable bonds is 6. The van der Waals surface area contributed by atoms with Crippen LogP contribution in [0.3, 0.4) is 0 Å². The maximum Gasteiger partial charge on any atom is 0.118 e. The van der Waals surface area contributed by atoms with Crippen molar-refractivity contribution in [1.82, 2.24) is 10.2 Å². The van der Waals surface area contributed by atoms with Gasteiger partial charge in [-0.25, -0.2) is 0 Å². The molecule has 1 N–H and O–H groups in total. The second-order valence-corrected chi connectivity index (χ2v) is 5.80. The molecule has 4 heteroatoms. The zero-order valence-corrected chi connectivity index (χ0v) is 12.5. The molecule has 4 nitrogen and oxygen atoms in total. The first-order chi connectivity index (χ1) is 9.06. The molecule has 19 heavy (non-hydrogen) atoms. The van der Waals surface area contributed by atoms with Crippen LogP contribution in [-0.4, -0.2) is 36.7 Å². The fourth-order valence-electron chi connectivity index (χ4n) is 2.59. The lowest BCUT2D eigenvalue weighted by Crippen LogP contribution is -2.36. The van der Waals surface area contributed by atoms with E-state index in [2.05, 4.69) is 44.1 Å². The molecule has 0 aliphatic carbocycles. The van der Waals surface area contributed by atoms with Gasteiger partial charge >= 0.3 is 0 Å². The molecule has 1 aromatic rings. The quantitative estimate of drug-likeness (QED) is 0.858. The van der Waals surface area contributed by atoms with Gasteiger partial charge in [-0.3, -0.25) is 4.90 Å². The molecule has 1 fully saturated rings. The van der Waals surface area contributed by atoms with Gasteiger partial charge in [-0.05, 0) is 26.5 Å². The Morgan fingerprint density at radius 3 is 2.89 bits per heavy atom. The number of hydrogen-bond donors (Lipinski definition) is 1. The Kier molecular flexibility index (Phi) is 5.02. The maximum absolute atomic E-state index is 5.64. The topological polar surface area (TPSA) is 37.6 Å². The highest BCUT2D eigenvalue weighted by atomic mass is 16.5. The van der Waals surface area contributed by atoms with Crippen LogP contribution in [0.25, 0.3) is 0 Å². The van der Waals surface area contributed by atoms with Gasteiger partial charge in [0.1, 0.15) is 5.76 Å². The van der Waals surface area contributed by atoms with E-state index >= 15 is 0 Å². The van der Waals surface area contributed by atoms with Gasteiger partial charge in [0.15, 0.2) is 0 Å². The van der Waals surface area contributed by atoms with Gasteiger partial charge in [-0.15, -0.1) is 0 Å². The second-order valence-electron chi connectivity index (χ2n) is 5.80. The summed E-state index contributed by atoms with van der Waals surface area (Å²) >= 11 is 0. The Hall–Kier alpha value is -0.840. The second kappa shape index (κ2) is 6.55. The molecule has 2 rings (SSSR count). The number of hydrogen-bond acceptors (Lipinski definition) is 4. The van der Waals surface area contributed by atoms with Crippen molar-refractivity contribution in [3.63, 3.8) is 0 Å². The van der Waals surface area contributed by atoms with Crippen molar-refractivity contribution in [2.45, 2.75) is 58.5 Å². The zero-order chi connectivity index (χ0) is 13.8. The number of nitrogens with zero attached hydrogens (tertiary/aromatic N) is 1. The Bertz CT molecular complexity index is 389. The lowest BCUT2D eigenvalue weighted by atomic mass is 10.1. The molecular weight excluding hydrogens is 240 g/mol. The van der Waals surface area contributed by atoms with Crippen LogP contribution in [0.15, 0.2) is 16.7 Å². The molecule has 0 amide bonds. The van der Waals surface area contributed by atoms with E-state index in [1.54, 1.807) is 0 Å².